The number of sulfone groups is 1. The van der Waals surface area contributed by atoms with Gasteiger partial charge in [0.1, 0.15) is 6.61 Å². The molecule has 0 aliphatic carbocycles. The summed E-state index contributed by atoms with van der Waals surface area (Å²) < 4.78 is 28.8. The van der Waals surface area contributed by atoms with Crippen molar-refractivity contribution in [1.29, 1.82) is 0 Å². The molecule has 0 aliphatic heterocycles. The van der Waals surface area contributed by atoms with E-state index in [0.717, 1.165) is 17.4 Å². The number of pyridine rings is 1. The van der Waals surface area contributed by atoms with Crippen LogP contribution in [0, 0.1) is 0 Å². The fourth-order valence-electron chi connectivity index (χ4n) is 2.55. The van der Waals surface area contributed by atoms with E-state index in [1.165, 1.54) is 24.3 Å². The highest BCUT2D eigenvalue weighted by Gasteiger charge is 2.11. The Balaban J connectivity index is 1.63. The van der Waals surface area contributed by atoms with Gasteiger partial charge < -0.3 is 10.1 Å². The molecule has 0 saturated carbocycles. The van der Waals surface area contributed by atoms with E-state index in [2.05, 4.69) is 10.3 Å². The van der Waals surface area contributed by atoms with Crippen molar-refractivity contribution in [3.8, 4) is 5.88 Å². The Bertz CT molecular complexity index is 1050. The number of amides is 1. The van der Waals surface area contributed by atoms with Crippen LogP contribution in [0.2, 0.25) is 0 Å². The van der Waals surface area contributed by atoms with Gasteiger partial charge >= 0.3 is 0 Å². The molecule has 0 spiro atoms. The van der Waals surface area contributed by atoms with Gasteiger partial charge in [-0.3, -0.25) is 4.79 Å². The number of carbonyl (C=O) groups is 1. The lowest BCUT2D eigenvalue weighted by Gasteiger charge is -2.11. The van der Waals surface area contributed by atoms with Crippen LogP contribution >= 0.6 is 0 Å². The van der Waals surface area contributed by atoms with E-state index in [1.807, 2.05) is 36.4 Å². The van der Waals surface area contributed by atoms with E-state index in [1.54, 1.807) is 12.3 Å². The van der Waals surface area contributed by atoms with Crippen molar-refractivity contribution >= 4 is 15.7 Å². The van der Waals surface area contributed by atoms with Gasteiger partial charge in [0.2, 0.25) is 5.88 Å². The minimum absolute atomic E-state index is 0.174. The van der Waals surface area contributed by atoms with E-state index < -0.39 is 9.84 Å². The number of rotatable bonds is 7. The van der Waals surface area contributed by atoms with Gasteiger partial charge in [-0.05, 0) is 35.9 Å². The zero-order chi connectivity index (χ0) is 20.0. The molecule has 144 valence electrons. The average molecular weight is 396 g/mol. The second-order valence-corrected chi connectivity index (χ2v) is 8.24. The van der Waals surface area contributed by atoms with Gasteiger partial charge in [0.05, 0.1) is 4.90 Å². The number of hydrogen-bond donors (Lipinski definition) is 1. The number of nitrogens with one attached hydrogen (secondary N) is 1. The molecule has 6 nitrogen and oxygen atoms in total. The van der Waals surface area contributed by atoms with Gasteiger partial charge in [-0.25, -0.2) is 13.4 Å². The molecule has 2 aromatic carbocycles. The minimum Gasteiger partial charge on any atom is -0.473 e. The average Bonchev–Trinajstić information content (AvgIpc) is 2.71. The summed E-state index contributed by atoms with van der Waals surface area (Å²) in [6, 6.07) is 19.2. The Morgan fingerprint density at radius 2 is 1.71 bits per heavy atom. The van der Waals surface area contributed by atoms with Crippen LogP contribution in [0.4, 0.5) is 0 Å². The summed E-state index contributed by atoms with van der Waals surface area (Å²) in [7, 11) is -3.29. The molecular weight excluding hydrogens is 376 g/mol. The van der Waals surface area contributed by atoms with E-state index in [4.69, 9.17) is 4.74 Å². The van der Waals surface area contributed by atoms with E-state index in [0.29, 0.717) is 18.1 Å². The molecule has 0 atom stereocenters. The Morgan fingerprint density at radius 3 is 2.39 bits per heavy atom. The number of ether oxygens (including phenoxy) is 1. The van der Waals surface area contributed by atoms with Crippen molar-refractivity contribution in [2.45, 2.75) is 18.0 Å². The number of benzene rings is 2. The smallest absolute Gasteiger partial charge is 0.251 e. The zero-order valence-electron chi connectivity index (χ0n) is 15.3. The van der Waals surface area contributed by atoms with E-state index >= 15 is 0 Å². The second-order valence-electron chi connectivity index (χ2n) is 6.22. The van der Waals surface area contributed by atoms with Crippen molar-refractivity contribution in [2.75, 3.05) is 6.26 Å². The number of aromatic nitrogens is 1. The van der Waals surface area contributed by atoms with Gasteiger partial charge in [-0.15, -0.1) is 0 Å². The van der Waals surface area contributed by atoms with Crippen molar-refractivity contribution in [1.82, 2.24) is 10.3 Å². The molecule has 0 unspecified atom stereocenters. The second kappa shape index (κ2) is 8.67. The molecule has 1 N–H and O–H groups in total. The van der Waals surface area contributed by atoms with E-state index in [-0.39, 0.29) is 17.3 Å². The maximum absolute atomic E-state index is 12.3. The van der Waals surface area contributed by atoms with Crippen LogP contribution in [-0.2, 0) is 23.0 Å². The molecule has 28 heavy (non-hydrogen) atoms. The van der Waals surface area contributed by atoms with Crippen molar-refractivity contribution in [2.24, 2.45) is 0 Å². The molecule has 1 amide bonds. The SMILES string of the molecule is CS(=O)(=O)c1ccc(C(=O)NCc2cccnc2OCc2ccccc2)cc1. The van der Waals surface area contributed by atoms with Crippen LogP contribution < -0.4 is 10.1 Å². The Morgan fingerprint density at radius 1 is 1.00 bits per heavy atom. The zero-order valence-corrected chi connectivity index (χ0v) is 16.1. The highest BCUT2D eigenvalue weighted by molar-refractivity contribution is 7.90. The molecule has 1 heterocycles. The number of nitrogens with zero attached hydrogens (tertiary/aromatic N) is 1. The van der Waals surface area contributed by atoms with Crippen molar-refractivity contribution < 1.29 is 17.9 Å². The summed E-state index contributed by atoms with van der Waals surface area (Å²) in [5.74, 6) is 0.150. The lowest BCUT2D eigenvalue weighted by Crippen LogP contribution is -2.23. The first kappa shape index (κ1) is 19.6. The first-order valence-electron chi connectivity index (χ1n) is 8.62. The molecule has 0 saturated heterocycles. The topological polar surface area (TPSA) is 85.4 Å². The van der Waals surface area contributed by atoms with Gasteiger partial charge in [0.25, 0.3) is 5.91 Å². The van der Waals surface area contributed by atoms with Crippen LogP contribution in [-0.4, -0.2) is 25.6 Å². The summed E-state index contributed by atoms with van der Waals surface area (Å²) in [5.41, 5.74) is 2.15. The fourth-order valence-corrected chi connectivity index (χ4v) is 3.18. The molecule has 0 bridgehead atoms. The third-order valence-corrected chi connectivity index (χ3v) is 5.18. The van der Waals surface area contributed by atoms with Crippen molar-refractivity contribution in [3.05, 3.63) is 89.6 Å². The van der Waals surface area contributed by atoms with Crippen LogP contribution in [0.1, 0.15) is 21.5 Å². The summed E-state index contributed by atoms with van der Waals surface area (Å²) in [6.07, 6.45) is 2.76. The first-order valence-corrected chi connectivity index (χ1v) is 10.5. The molecular formula is C21H20N2O4S. The highest BCUT2D eigenvalue weighted by Crippen LogP contribution is 2.16. The third-order valence-electron chi connectivity index (χ3n) is 4.05. The van der Waals surface area contributed by atoms with E-state index in [9.17, 15) is 13.2 Å². The number of carbonyl (C=O) groups excluding carboxylic acids is 1. The molecule has 0 aliphatic rings. The molecule has 0 radical (unpaired) electrons. The van der Waals surface area contributed by atoms with Crippen LogP contribution in [0.5, 0.6) is 5.88 Å². The summed E-state index contributed by atoms with van der Waals surface area (Å²) in [5, 5.41) is 2.80. The maximum Gasteiger partial charge on any atom is 0.251 e. The molecule has 3 aromatic rings. The fraction of sp³-hybridized carbons (Fsp3) is 0.143. The predicted molar refractivity (Wildman–Crippen MR) is 106 cm³/mol. The number of hydrogen-bond acceptors (Lipinski definition) is 5. The Labute approximate surface area is 164 Å². The quantitative estimate of drug-likeness (QED) is 0.664. The van der Waals surface area contributed by atoms with Gasteiger partial charge in [0.15, 0.2) is 9.84 Å². The van der Waals surface area contributed by atoms with Gasteiger partial charge in [-0.1, -0.05) is 36.4 Å². The molecule has 7 heteroatoms. The molecule has 3 rings (SSSR count). The van der Waals surface area contributed by atoms with Crippen LogP contribution in [0.3, 0.4) is 0 Å². The molecule has 0 fully saturated rings. The van der Waals surface area contributed by atoms with Crippen LogP contribution in [0.15, 0.2) is 77.8 Å². The Kier molecular flexibility index (Phi) is 6.06. The van der Waals surface area contributed by atoms with Crippen molar-refractivity contribution in [3.63, 3.8) is 0 Å². The summed E-state index contributed by atoms with van der Waals surface area (Å²) in [6.45, 7) is 0.621. The van der Waals surface area contributed by atoms with Gasteiger partial charge in [0, 0.05) is 30.1 Å². The first-order chi connectivity index (χ1) is 13.4. The standard InChI is InChI=1S/C21H20N2O4S/c1-28(25,26)19-11-9-17(10-12-19)20(24)23-14-18-8-5-13-22-21(18)27-15-16-6-3-2-4-7-16/h2-13H,14-15H2,1H3,(H,23,24). The lowest BCUT2D eigenvalue weighted by atomic mass is 10.2. The molecule has 1 aromatic heterocycles. The van der Waals surface area contributed by atoms with Crippen LogP contribution in [0.25, 0.3) is 0 Å². The lowest BCUT2D eigenvalue weighted by molar-refractivity contribution is 0.0950. The Hall–Kier alpha value is -3.19. The summed E-state index contributed by atoms with van der Waals surface area (Å²) >= 11 is 0. The third kappa shape index (κ3) is 5.17. The minimum atomic E-state index is -3.29. The highest BCUT2D eigenvalue weighted by atomic mass is 32.2. The maximum atomic E-state index is 12.3. The summed E-state index contributed by atoms with van der Waals surface area (Å²) in [4.78, 5) is 16.8. The normalized spacial score (nSPS) is 11.0. The largest absolute Gasteiger partial charge is 0.473 e. The monoisotopic (exact) mass is 396 g/mol. The predicted octanol–water partition coefficient (Wildman–Crippen LogP) is 2.99. The van der Waals surface area contributed by atoms with Gasteiger partial charge in [-0.2, -0.15) is 0 Å².